The maximum Gasteiger partial charge on any atom is 0.345 e. The fourth-order valence-corrected chi connectivity index (χ4v) is 11.0. The summed E-state index contributed by atoms with van der Waals surface area (Å²) >= 11 is 8.86. The van der Waals surface area contributed by atoms with E-state index < -0.39 is 23.8 Å². The molecule has 2 aliphatic heterocycles. The van der Waals surface area contributed by atoms with Crippen molar-refractivity contribution in [2.24, 2.45) is 0 Å². The predicted molar refractivity (Wildman–Crippen MR) is 287 cm³/mol. The van der Waals surface area contributed by atoms with E-state index in [1.807, 2.05) is 19.9 Å². The number of aromatic nitrogens is 4. The summed E-state index contributed by atoms with van der Waals surface area (Å²) in [6.45, 7) is 10.6. The molecule has 1 N–H and O–H groups in total. The number of carboxylic acid groups (broad SMARTS) is 1. The van der Waals surface area contributed by atoms with E-state index in [2.05, 4.69) is 38.8 Å². The second-order valence-electron chi connectivity index (χ2n) is 19.1. The second-order valence-corrected chi connectivity index (χ2v) is 20.5. The molecule has 1 aromatic carbocycles. The number of alkyl halides is 1. The molecule has 2 bridgehead atoms. The highest BCUT2D eigenvalue weighted by Crippen LogP contribution is 2.48. The molecule has 8 rings (SSSR count). The molecule has 402 valence electrons. The zero-order valence-corrected chi connectivity index (χ0v) is 44.9. The Kier molecular flexibility index (Phi) is 20.1. The monoisotopic (exact) mass is 1070 g/mol. The Morgan fingerprint density at radius 3 is 2.51 bits per heavy atom. The number of methoxy groups -OCH3 is 1. The van der Waals surface area contributed by atoms with Crippen molar-refractivity contribution in [1.82, 2.24) is 29.7 Å². The van der Waals surface area contributed by atoms with Crippen LogP contribution in [0.25, 0.3) is 26.9 Å². The van der Waals surface area contributed by atoms with Crippen LogP contribution in [0.1, 0.15) is 86.3 Å². The van der Waals surface area contributed by atoms with Gasteiger partial charge in [-0.2, -0.15) is 0 Å². The minimum Gasteiger partial charge on any atom is -0.490 e. The summed E-state index contributed by atoms with van der Waals surface area (Å²) < 4.78 is 63.6. The topological polar surface area (TPSA) is 169 Å². The number of ether oxygens (including phenoxy) is 8. The number of benzene rings is 1. The number of allylic oxidation sites excluding steroid dienone is 8. The second kappa shape index (κ2) is 27.0. The van der Waals surface area contributed by atoms with Crippen molar-refractivity contribution in [2.75, 3.05) is 99.7 Å². The standard InChI is InChI=1S/C56H68ClFN6O10S/c1-6-44-37(3)50(57)45(7-2)73-43(32-64-22-20-63(4)21-23-64)34-71-42-12-13-46(40(30-42)31-47(55(65)66)74-53-49-48(44)51(38-10-8-9-11-38)75-54(49)61-36-60-53)72-33-41-16-19-59-52(62-41)39-14-17-56(58,18-15-39)35-70-29-28-69-27-26-68-25-24-67-5/h2,10,12-14,16,19,30,36,43,47H,6,8-9,11,15,17-18,20-29,31-35H2,1,3-5H3,(H,65,66)/b44-37+,50-45-/t43-,47-,56-/m1/s1. The molecule has 2 aliphatic carbocycles. The predicted octanol–water partition coefficient (Wildman–Crippen LogP) is 8.97. The zero-order chi connectivity index (χ0) is 52.7. The van der Waals surface area contributed by atoms with E-state index in [0.29, 0.717) is 96.3 Å². The van der Waals surface area contributed by atoms with E-state index in [9.17, 15) is 9.90 Å². The summed E-state index contributed by atoms with van der Waals surface area (Å²) in [6, 6.07) is 7.04. The van der Waals surface area contributed by atoms with Crippen LogP contribution in [0.4, 0.5) is 4.39 Å². The van der Waals surface area contributed by atoms with Crippen LogP contribution in [0.15, 0.2) is 65.3 Å². The van der Waals surface area contributed by atoms with Crippen LogP contribution in [0.2, 0.25) is 0 Å². The maximum atomic E-state index is 15.8. The van der Waals surface area contributed by atoms with Crippen molar-refractivity contribution in [3.8, 4) is 29.7 Å². The Morgan fingerprint density at radius 1 is 1.01 bits per heavy atom. The van der Waals surface area contributed by atoms with Gasteiger partial charge in [-0.25, -0.2) is 29.1 Å². The summed E-state index contributed by atoms with van der Waals surface area (Å²) in [7, 11) is 3.73. The molecule has 1 saturated heterocycles. The minimum atomic E-state index is -1.52. The van der Waals surface area contributed by atoms with Gasteiger partial charge in [0, 0.05) is 74.9 Å². The molecule has 5 heterocycles. The highest BCUT2D eigenvalue weighted by Gasteiger charge is 2.34. The van der Waals surface area contributed by atoms with Gasteiger partial charge in [0.2, 0.25) is 12.0 Å². The van der Waals surface area contributed by atoms with Gasteiger partial charge in [0.1, 0.15) is 47.6 Å². The molecule has 0 amide bonds. The minimum absolute atomic E-state index is 0.0225. The van der Waals surface area contributed by atoms with Crippen LogP contribution >= 0.6 is 22.9 Å². The quantitative estimate of drug-likeness (QED) is 0.0657. The Hall–Kier alpha value is -5.49. The number of piperazine rings is 1. The molecule has 1 fully saturated rings. The summed E-state index contributed by atoms with van der Waals surface area (Å²) in [6.07, 6.45) is 15.5. The van der Waals surface area contributed by atoms with Crippen LogP contribution in [0.5, 0.6) is 17.4 Å². The van der Waals surface area contributed by atoms with Crippen LogP contribution in [-0.4, -0.2) is 158 Å². The summed E-state index contributed by atoms with van der Waals surface area (Å²) in [5.41, 5.74) is 4.02. The summed E-state index contributed by atoms with van der Waals surface area (Å²) in [4.78, 5) is 38.3. The number of hydrogen-bond donors (Lipinski definition) is 1. The zero-order valence-electron chi connectivity index (χ0n) is 43.4. The van der Waals surface area contributed by atoms with Crippen molar-refractivity contribution >= 4 is 55.8 Å². The van der Waals surface area contributed by atoms with E-state index in [-0.39, 0.29) is 57.3 Å². The van der Waals surface area contributed by atoms with Crippen molar-refractivity contribution < 1.29 is 52.2 Å². The van der Waals surface area contributed by atoms with Gasteiger partial charge < -0.3 is 47.9 Å². The molecule has 0 radical (unpaired) electrons. The molecule has 4 aromatic rings. The van der Waals surface area contributed by atoms with E-state index in [4.69, 9.17) is 65.9 Å². The Morgan fingerprint density at radius 2 is 1.80 bits per heavy atom. The number of thiophene rings is 1. The first-order chi connectivity index (χ1) is 36.4. The first-order valence-electron chi connectivity index (χ1n) is 25.8. The summed E-state index contributed by atoms with van der Waals surface area (Å²) in [5.74, 6) is 3.21. The van der Waals surface area contributed by atoms with E-state index in [0.717, 1.165) is 72.6 Å². The number of likely N-dealkylation sites (N-methyl/N-ethyl adjacent to an activating group) is 1. The average molecular weight is 1070 g/mol. The Labute approximate surface area is 447 Å². The third-order valence-corrected chi connectivity index (χ3v) is 15.4. The van der Waals surface area contributed by atoms with Crippen molar-refractivity contribution in [3.05, 3.63) is 92.8 Å². The number of fused-ring (bicyclic) bond motifs is 2. The van der Waals surface area contributed by atoms with Gasteiger partial charge in [0.25, 0.3) is 0 Å². The smallest absolute Gasteiger partial charge is 0.345 e. The van der Waals surface area contributed by atoms with E-state index in [1.54, 1.807) is 37.6 Å². The molecule has 3 atom stereocenters. The Bertz CT molecular complexity index is 2790. The molecular formula is C56H68ClFN6O10S. The normalized spacial score (nSPS) is 23.1. The highest BCUT2D eigenvalue weighted by atomic mass is 35.5. The molecule has 3 aromatic heterocycles. The SMILES string of the molecule is C#C/C1=C(Cl)\C(C)=C(/CC)c2c(C3=CCCC3)sc3ncnc(c23)O[C@@H](C(=O)O)Cc2cc(ccc2OCc2ccnc(C3=CC[C@](F)(COCCOCCOCCOC)CC3)n2)OC[C@@H](CN2CCN(C)CC2)O1. The molecule has 0 unspecified atom stereocenters. The molecule has 19 heteroatoms. The number of rotatable bonds is 20. The van der Waals surface area contributed by atoms with Crippen molar-refractivity contribution in [3.63, 3.8) is 0 Å². The van der Waals surface area contributed by atoms with E-state index in [1.165, 1.54) is 23.2 Å². The van der Waals surface area contributed by atoms with Crippen LogP contribution in [0.3, 0.4) is 0 Å². The summed E-state index contributed by atoms with van der Waals surface area (Å²) in [5, 5.41) is 11.8. The number of nitrogens with zero attached hydrogens (tertiary/aromatic N) is 6. The highest BCUT2D eigenvalue weighted by molar-refractivity contribution is 7.20. The van der Waals surface area contributed by atoms with Crippen LogP contribution in [0, 0.1) is 12.3 Å². The van der Waals surface area contributed by atoms with Gasteiger partial charge in [0.05, 0.1) is 62.4 Å². The van der Waals surface area contributed by atoms with Gasteiger partial charge >= 0.3 is 5.97 Å². The molecule has 0 saturated carbocycles. The number of halogens is 2. The number of aliphatic carboxylic acids is 1. The molecular weight excluding hydrogens is 1000 g/mol. The number of carboxylic acids is 1. The van der Waals surface area contributed by atoms with Crippen LogP contribution < -0.4 is 14.2 Å². The molecule has 0 spiro atoms. The lowest BCUT2D eigenvalue weighted by molar-refractivity contribution is -0.145. The first-order valence-corrected chi connectivity index (χ1v) is 27.0. The first kappa shape index (κ1) is 55.7. The van der Waals surface area contributed by atoms with Crippen LogP contribution in [-0.2, 0) is 41.5 Å². The molecule has 16 nitrogen and oxygen atoms in total. The van der Waals surface area contributed by atoms with E-state index >= 15 is 4.39 Å². The van der Waals surface area contributed by atoms with Gasteiger partial charge in [-0.15, -0.1) is 17.8 Å². The fraction of sp³-hybridized carbons (Fsp3) is 0.518. The number of carbonyl (C=O) groups is 1. The Balaban J connectivity index is 1.06. The van der Waals surface area contributed by atoms with Crippen molar-refractivity contribution in [2.45, 2.75) is 89.7 Å². The molecule has 4 aliphatic rings. The maximum absolute atomic E-state index is 15.8. The van der Waals surface area contributed by atoms with Gasteiger partial charge in [-0.1, -0.05) is 30.7 Å². The number of terminal acetylenes is 1. The van der Waals surface area contributed by atoms with Gasteiger partial charge in [-0.05, 0) is 105 Å². The fourth-order valence-electron chi connectivity index (χ4n) is 9.55. The molecule has 75 heavy (non-hydrogen) atoms. The average Bonchev–Trinajstić information content (AvgIpc) is 4.10. The third kappa shape index (κ3) is 14.7. The lowest BCUT2D eigenvalue weighted by Gasteiger charge is -2.34. The van der Waals surface area contributed by atoms with Gasteiger partial charge in [-0.3, -0.25) is 4.90 Å². The lowest BCUT2D eigenvalue weighted by Crippen LogP contribution is -2.48. The largest absolute Gasteiger partial charge is 0.490 e. The number of hydrogen-bond acceptors (Lipinski definition) is 16. The lowest BCUT2D eigenvalue weighted by atomic mass is 9.87. The third-order valence-electron chi connectivity index (χ3n) is 13.8. The van der Waals surface area contributed by atoms with Crippen molar-refractivity contribution in [1.29, 1.82) is 0 Å². The van der Waals surface area contributed by atoms with Gasteiger partial charge in [0.15, 0.2) is 11.6 Å².